The van der Waals surface area contributed by atoms with Crippen LogP contribution in [-0.2, 0) is 10.6 Å². The van der Waals surface area contributed by atoms with Crippen LogP contribution in [0.15, 0.2) is 33.5 Å². The highest BCUT2D eigenvalue weighted by molar-refractivity contribution is 7.75. The maximum Gasteiger partial charge on any atom is 0.0642 e. The molecule has 0 bridgehead atoms. The summed E-state index contributed by atoms with van der Waals surface area (Å²) in [5, 5.41) is 0. The van der Waals surface area contributed by atoms with E-state index < -0.39 is 10.6 Å². The minimum absolute atomic E-state index is 0.838. The molecule has 1 aromatic rings. The second kappa shape index (κ2) is 3.53. The molecule has 1 aromatic carbocycles. The summed E-state index contributed by atoms with van der Waals surface area (Å²) in [5.74, 6) is 0. The van der Waals surface area contributed by atoms with Gasteiger partial charge in [0.2, 0.25) is 0 Å². The predicted molar refractivity (Wildman–Crippen MR) is 47.3 cm³/mol. The highest BCUT2D eigenvalue weighted by atomic mass is 32.2. The molecule has 0 aliphatic carbocycles. The van der Waals surface area contributed by atoms with Crippen LogP contribution < -0.4 is 0 Å². The lowest BCUT2D eigenvalue weighted by Crippen LogP contribution is -1.83. The van der Waals surface area contributed by atoms with Crippen molar-refractivity contribution in [2.24, 2.45) is 4.36 Å². The molecule has 0 N–H and O–H groups in total. The number of hydrogen-bond donors (Lipinski definition) is 1. The molecular formula is C8H11NOS. The van der Waals surface area contributed by atoms with E-state index in [-0.39, 0.29) is 0 Å². The van der Waals surface area contributed by atoms with Crippen molar-refractivity contribution in [1.82, 2.24) is 0 Å². The number of nitrogens with zero attached hydrogens (tertiary/aromatic N) is 1. The average Bonchev–Trinajstić information content (AvgIpc) is 2.04. The van der Waals surface area contributed by atoms with Crippen LogP contribution in [0.25, 0.3) is 0 Å². The molecule has 0 saturated heterocycles. The fourth-order valence-corrected chi connectivity index (χ4v) is 1.69. The summed E-state index contributed by atoms with van der Waals surface area (Å²) in [6.45, 7) is 1.94. The first-order valence-corrected chi connectivity index (χ1v) is 4.59. The summed E-state index contributed by atoms with van der Waals surface area (Å²) >= 11 is 0. The minimum atomic E-state index is -1.52. The van der Waals surface area contributed by atoms with Crippen molar-refractivity contribution >= 4 is 10.6 Å². The molecule has 0 amide bonds. The van der Waals surface area contributed by atoms with Crippen molar-refractivity contribution in [3.8, 4) is 0 Å². The van der Waals surface area contributed by atoms with Gasteiger partial charge in [0.25, 0.3) is 0 Å². The Labute approximate surface area is 68.5 Å². The molecule has 11 heavy (non-hydrogen) atoms. The third-order valence-corrected chi connectivity index (χ3v) is 2.78. The summed E-state index contributed by atoms with van der Waals surface area (Å²) in [6, 6.07) is 7.59. The van der Waals surface area contributed by atoms with E-state index in [1.807, 2.05) is 31.2 Å². The Kier molecular flexibility index (Phi) is 2.65. The molecule has 0 aliphatic heterocycles. The molecule has 1 atom stereocenters. The quantitative estimate of drug-likeness (QED) is 0.636. The molecule has 1 unspecified atom stereocenters. The average molecular weight is 169 g/mol. The van der Waals surface area contributed by atoms with Gasteiger partial charge in [0, 0.05) is 11.9 Å². The molecule has 3 heteroatoms. The molecule has 1 rings (SSSR count). The van der Waals surface area contributed by atoms with Gasteiger partial charge in [-0.25, -0.2) is 8.57 Å². The van der Waals surface area contributed by atoms with E-state index in [1.165, 1.54) is 0 Å². The normalized spacial score (nSPS) is 13.3. The molecule has 0 fully saturated rings. The van der Waals surface area contributed by atoms with Crippen LogP contribution in [0, 0.1) is 6.92 Å². The lowest BCUT2D eigenvalue weighted by molar-refractivity contribution is 0.687. The lowest BCUT2D eigenvalue weighted by atomic mass is 10.2. The van der Waals surface area contributed by atoms with Crippen molar-refractivity contribution in [1.29, 1.82) is 0 Å². The molecule has 0 aromatic heterocycles. The van der Waals surface area contributed by atoms with Gasteiger partial charge >= 0.3 is 0 Å². The van der Waals surface area contributed by atoms with Crippen LogP contribution >= 0.6 is 0 Å². The second-order valence-electron chi connectivity index (χ2n) is 2.26. The van der Waals surface area contributed by atoms with E-state index in [0.29, 0.717) is 0 Å². The summed E-state index contributed by atoms with van der Waals surface area (Å²) in [4.78, 5) is 0.838. The van der Waals surface area contributed by atoms with Gasteiger partial charge in [-0.05, 0) is 18.6 Å². The molecule has 0 saturated carbocycles. The Bertz CT molecular complexity index is 327. The fourth-order valence-electron chi connectivity index (χ4n) is 0.886. The van der Waals surface area contributed by atoms with Gasteiger partial charge in [-0.1, -0.05) is 18.2 Å². The Balaban J connectivity index is 3.25. The summed E-state index contributed by atoms with van der Waals surface area (Å²) < 4.78 is 14.9. The fraction of sp³-hybridized carbons (Fsp3) is 0.250. The molecule has 0 radical (unpaired) electrons. The van der Waals surface area contributed by atoms with Gasteiger partial charge in [0.15, 0.2) is 0 Å². The van der Waals surface area contributed by atoms with E-state index in [4.69, 9.17) is 0 Å². The van der Waals surface area contributed by atoms with E-state index in [2.05, 4.69) is 4.36 Å². The Morgan fingerprint density at radius 1 is 1.36 bits per heavy atom. The first-order chi connectivity index (χ1) is 5.25. The molecule has 0 aliphatic rings. The highest BCUT2D eigenvalue weighted by Crippen LogP contribution is 2.08. The topological polar surface area (TPSA) is 29.4 Å². The van der Waals surface area contributed by atoms with Gasteiger partial charge in [0.05, 0.1) is 10.6 Å². The van der Waals surface area contributed by atoms with Crippen LogP contribution in [-0.4, -0.2) is 11.3 Å². The Morgan fingerprint density at radius 2 is 2.00 bits per heavy atom. The van der Waals surface area contributed by atoms with Crippen molar-refractivity contribution in [3.63, 3.8) is 0 Å². The van der Waals surface area contributed by atoms with Gasteiger partial charge in [-0.15, -0.1) is 0 Å². The number of rotatable bonds is 1. The zero-order valence-electron chi connectivity index (χ0n) is 6.61. The van der Waals surface area contributed by atoms with Gasteiger partial charge in [-0.3, -0.25) is 0 Å². The van der Waals surface area contributed by atoms with E-state index in [1.54, 1.807) is 7.05 Å². The van der Waals surface area contributed by atoms with Crippen molar-refractivity contribution in [2.75, 3.05) is 7.05 Å². The van der Waals surface area contributed by atoms with Crippen molar-refractivity contribution in [3.05, 3.63) is 29.8 Å². The standard InChI is InChI=1S/C8H11NOS/c1-7-5-3-4-6-8(7)11(10)9-2/h3-6,11H,1-2H3. The minimum Gasteiger partial charge on any atom is -0.248 e. The smallest absolute Gasteiger partial charge is 0.0642 e. The van der Waals surface area contributed by atoms with Crippen molar-refractivity contribution in [2.45, 2.75) is 11.8 Å². The van der Waals surface area contributed by atoms with Crippen LogP contribution in [0.5, 0.6) is 0 Å². The number of aryl methyl sites for hydroxylation is 1. The molecule has 0 spiro atoms. The van der Waals surface area contributed by atoms with E-state index in [9.17, 15) is 4.21 Å². The third kappa shape index (κ3) is 1.80. The molecule has 0 heterocycles. The third-order valence-electron chi connectivity index (χ3n) is 1.50. The largest absolute Gasteiger partial charge is 0.248 e. The zero-order chi connectivity index (χ0) is 8.27. The Hall–Kier alpha value is -0.830. The Morgan fingerprint density at radius 3 is 2.55 bits per heavy atom. The predicted octanol–water partition coefficient (Wildman–Crippen LogP) is 1.65. The number of thiol groups is 1. The van der Waals surface area contributed by atoms with Crippen LogP contribution in [0.3, 0.4) is 0 Å². The first kappa shape index (κ1) is 8.27. The van der Waals surface area contributed by atoms with Crippen LogP contribution in [0.1, 0.15) is 5.56 Å². The summed E-state index contributed by atoms with van der Waals surface area (Å²) in [5.41, 5.74) is 1.04. The first-order valence-electron chi connectivity index (χ1n) is 3.38. The zero-order valence-corrected chi connectivity index (χ0v) is 7.51. The number of benzene rings is 1. The number of hydrogen-bond acceptors (Lipinski definition) is 2. The van der Waals surface area contributed by atoms with Gasteiger partial charge in [-0.2, -0.15) is 0 Å². The van der Waals surface area contributed by atoms with E-state index >= 15 is 0 Å². The summed E-state index contributed by atoms with van der Waals surface area (Å²) in [7, 11) is 0.0553. The monoisotopic (exact) mass is 169 g/mol. The van der Waals surface area contributed by atoms with Crippen molar-refractivity contribution < 1.29 is 4.21 Å². The lowest BCUT2D eigenvalue weighted by Gasteiger charge is -1.96. The molecule has 60 valence electrons. The maximum absolute atomic E-state index is 11.2. The molecule has 2 nitrogen and oxygen atoms in total. The maximum atomic E-state index is 11.2. The van der Waals surface area contributed by atoms with Gasteiger partial charge in [0.1, 0.15) is 0 Å². The van der Waals surface area contributed by atoms with E-state index in [0.717, 1.165) is 10.5 Å². The SMILES string of the molecule is C/N=[SH](=O)/c1ccccc1C. The highest BCUT2D eigenvalue weighted by Gasteiger charge is 1.94. The van der Waals surface area contributed by atoms with Crippen LogP contribution in [0.2, 0.25) is 0 Å². The van der Waals surface area contributed by atoms with Gasteiger partial charge < -0.3 is 0 Å². The summed E-state index contributed by atoms with van der Waals surface area (Å²) in [6.07, 6.45) is 0. The van der Waals surface area contributed by atoms with Crippen LogP contribution in [0.4, 0.5) is 0 Å². The molecular weight excluding hydrogens is 158 g/mol. The second-order valence-corrected chi connectivity index (χ2v) is 3.69.